The third kappa shape index (κ3) is 4.34. The van der Waals surface area contributed by atoms with Crippen molar-refractivity contribution in [3.05, 3.63) is 22.7 Å². The summed E-state index contributed by atoms with van der Waals surface area (Å²) in [5.41, 5.74) is 6.07. The van der Waals surface area contributed by atoms with Gasteiger partial charge in [-0.25, -0.2) is 13.1 Å². The predicted molar refractivity (Wildman–Crippen MR) is 77.3 cm³/mol. The molecule has 0 fully saturated rings. The maximum Gasteiger partial charge on any atom is 0.240 e. The van der Waals surface area contributed by atoms with Crippen molar-refractivity contribution in [3.8, 4) is 0 Å². The smallest absolute Gasteiger partial charge is 0.240 e. The van der Waals surface area contributed by atoms with Crippen LogP contribution in [0.15, 0.2) is 27.6 Å². The summed E-state index contributed by atoms with van der Waals surface area (Å²) in [6.07, 6.45) is 1.53. The molecule has 1 aromatic rings. The fraction of sp³-hybridized carbons (Fsp3) is 0.400. The van der Waals surface area contributed by atoms with Crippen molar-refractivity contribution < 1.29 is 12.6 Å². The molecule has 0 spiro atoms. The lowest BCUT2D eigenvalue weighted by Gasteiger charge is -2.13. The monoisotopic (exact) mass is 354 g/mol. The molecule has 0 saturated heterocycles. The number of rotatable bonds is 5. The van der Waals surface area contributed by atoms with Gasteiger partial charge in [-0.15, -0.1) is 0 Å². The minimum Gasteiger partial charge on any atom is -0.398 e. The molecule has 0 saturated carbocycles. The van der Waals surface area contributed by atoms with Crippen LogP contribution in [0.1, 0.15) is 6.92 Å². The summed E-state index contributed by atoms with van der Waals surface area (Å²) < 4.78 is 38.1. The van der Waals surface area contributed by atoms with Crippen LogP contribution < -0.4 is 10.5 Å². The topological polar surface area (TPSA) is 89.3 Å². The first-order valence-electron chi connectivity index (χ1n) is 5.10. The molecule has 2 atom stereocenters. The molecule has 3 N–H and O–H groups in total. The lowest BCUT2D eigenvalue weighted by atomic mass is 10.3. The number of benzene rings is 1. The summed E-state index contributed by atoms with van der Waals surface area (Å²) in [6.45, 7) is 1.67. The second kappa shape index (κ2) is 6.14. The fourth-order valence-electron chi connectivity index (χ4n) is 1.39. The SMILES string of the molecule is CC(CS(C)=O)NS(=O)(=O)c1ccc(N)c(Br)c1. The lowest BCUT2D eigenvalue weighted by Crippen LogP contribution is -2.36. The molecule has 0 radical (unpaired) electrons. The number of nitrogens with one attached hydrogen (secondary N) is 1. The molecule has 0 bridgehead atoms. The van der Waals surface area contributed by atoms with Gasteiger partial charge in [-0.2, -0.15) is 0 Å². The average Bonchev–Trinajstić information content (AvgIpc) is 2.19. The van der Waals surface area contributed by atoms with Gasteiger partial charge in [0, 0.05) is 39.0 Å². The van der Waals surface area contributed by atoms with Crippen LogP contribution in [-0.2, 0) is 20.8 Å². The molecule has 0 aromatic heterocycles. The van der Waals surface area contributed by atoms with E-state index in [0.717, 1.165) is 0 Å². The molecule has 0 aliphatic rings. The molecule has 102 valence electrons. The molecule has 0 aliphatic heterocycles. The highest BCUT2D eigenvalue weighted by atomic mass is 79.9. The zero-order valence-corrected chi connectivity index (χ0v) is 13.2. The summed E-state index contributed by atoms with van der Waals surface area (Å²) in [5.74, 6) is 0.273. The van der Waals surface area contributed by atoms with E-state index in [0.29, 0.717) is 10.2 Å². The first-order valence-corrected chi connectivity index (χ1v) is 9.10. The quantitative estimate of drug-likeness (QED) is 0.774. The first kappa shape index (κ1) is 15.6. The number of sulfonamides is 1. The van der Waals surface area contributed by atoms with E-state index in [-0.39, 0.29) is 10.6 Å². The predicted octanol–water partition coefficient (Wildman–Crippen LogP) is 1.08. The third-order valence-corrected chi connectivity index (χ3v) is 5.37. The maximum atomic E-state index is 12.0. The normalized spacial score (nSPS) is 15.3. The Kier molecular flexibility index (Phi) is 5.32. The summed E-state index contributed by atoms with van der Waals surface area (Å²) >= 11 is 3.18. The molecular formula is C10H15BrN2O3S2. The van der Waals surface area contributed by atoms with E-state index in [1.165, 1.54) is 24.5 Å². The van der Waals surface area contributed by atoms with Crippen molar-refractivity contribution in [2.45, 2.75) is 17.9 Å². The Hall–Kier alpha value is -0.440. The number of anilines is 1. The van der Waals surface area contributed by atoms with Crippen molar-refractivity contribution in [1.82, 2.24) is 4.72 Å². The molecule has 18 heavy (non-hydrogen) atoms. The summed E-state index contributed by atoms with van der Waals surface area (Å²) in [4.78, 5) is 0.123. The molecule has 1 rings (SSSR count). The van der Waals surface area contributed by atoms with E-state index in [1.54, 1.807) is 6.92 Å². The van der Waals surface area contributed by atoms with Gasteiger partial charge in [0.15, 0.2) is 0 Å². The van der Waals surface area contributed by atoms with Gasteiger partial charge >= 0.3 is 0 Å². The standard InChI is InChI=1S/C10H15BrN2O3S2/c1-7(6-17(2)14)13-18(15,16)8-3-4-10(12)9(11)5-8/h3-5,7,13H,6,12H2,1-2H3. The van der Waals surface area contributed by atoms with E-state index in [1.807, 2.05) is 0 Å². The van der Waals surface area contributed by atoms with Crippen LogP contribution in [0.3, 0.4) is 0 Å². The average molecular weight is 355 g/mol. The Morgan fingerprint density at radius 1 is 1.50 bits per heavy atom. The van der Waals surface area contributed by atoms with Gasteiger partial charge in [-0.1, -0.05) is 0 Å². The van der Waals surface area contributed by atoms with Crippen LogP contribution in [0.5, 0.6) is 0 Å². The Bertz CT molecular complexity index is 560. The Morgan fingerprint density at radius 2 is 2.11 bits per heavy atom. The molecule has 0 heterocycles. The highest BCUT2D eigenvalue weighted by Crippen LogP contribution is 2.23. The van der Waals surface area contributed by atoms with Gasteiger partial charge in [0.1, 0.15) is 0 Å². The number of hydrogen-bond acceptors (Lipinski definition) is 4. The molecule has 8 heteroatoms. The van der Waals surface area contributed by atoms with Crippen molar-refractivity contribution in [2.24, 2.45) is 0 Å². The minimum absolute atomic E-state index is 0.123. The Morgan fingerprint density at radius 3 is 2.61 bits per heavy atom. The Balaban J connectivity index is 2.92. The highest BCUT2D eigenvalue weighted by molar-refractivity contribution is 9.10. The molecule has 0 amide bonds. The van der Waals surface area contributed by atoms with Crippen molar-refractivity contribution >= 4 is 42.4 Å². The van der Waals surface area contributed by atoms with Gasteiger partial charge in [-0.3, -0.25) is 4.21 Å². The lowest BCUT2D eigenvalue weighted by molar-refractivity contribution is 0.570. The van der Waals surface area contributed by atoms with Crippen molar-refractivity contribution in [3.63, 3.8) is 0 Å². The largest absolute Gasteiger partial charge is 0.398 e. The van der Waals surface area contributed by atoms with Crippen LogP contribution >= 0.6 is 15.9 Å². The van der Waals surface area contributed by atoms with Crippen LogP contribution in [-0.4, -0.2) is 30.7 Å². The summed E-state index contributed by atoms with van der Waals surface area (Å²) in [6, 6.07) is 3.99. The second-order valence-corrected chi connectivity index (χ2v) is 7.99. The van der Waals surface area contributed by atoms with Crippen molar-refractivity contribution in [1.29, 1.82) is 0 Å². The molecule has 5 nitrogen and oxygen atoms in total. The van der Waals surface area contributed by atoms with Crippen LogP contribution in [0.4, 0.5) is 5.69 Å². The molecular weight excluding hydrogens is 340 g/mol. The number of nitrogen functional groups attached to an aromatic ring is 1. The third-order valence-electron chi connectivity index (χ3n) is 2.12. The van der Waals surface area contributed by atoms with E-state index in [2.05, 4.69) is 20.7 Å². The molecule has 2 unspecified atom stereocenters. The van der Waals surface area contributed by atoms with Crippen LogP contribution in [0.2, 0.25) is 0 Å². The van der Waals surface area contributed by atoms with E-state index in [4.69, 9.17) is 5.73 Å². The summed E-state index contributed by atoms with van der Waals surface area (Å²) in [5, 5.41) is 0. The van der Waals surface area contributed by atoms with Gasteiger partial charge in [-0.05, 0) is 41.1 Å². The van der Waals surface area contributed by atoms with E-state index < -0.39 is 26.9 Å². The zero-order valence-electron chi connectivity index (χ0n) is 10.0. The van der Waals surface area contributed by atoms with E-state index in [9.17, 15) is 12.6 Å². The van der Waals surface area contributed by atoms with Crippen LogP contribution in [0, 0.1) is 0 Å². The minimum atomic E-state index is -3.61. The van der Waals surface area contributed by atoms with Gasteiger partial charge < -0.3 is 5.73 Å². The molecule has 0 aliphatic carbocycles. The summed E-state index contributed by atoms with van der Waals surface area (Å²) in [7, 11) is -4.67. The fourth-order valence-corrected chi connectivity index (χ4v) is 4.09. The molecule has 1 aromatic carbocycles. The number of nitrogens with two attached hydrogens (primary N) is 1. The van der Waals surface area contributed by atoms with Gasteiger partial charge in [0.05, 0.1) is 4.90 Å². The van der Waals surface area contributed by atoms with Gasteiger partial charge in [0.25, 0.3) is 0 Å². The van der Waals surface area contributed by atoms with Gasteiger partial charge in [0.2, 0.25) is 10.0 Å². The number of hydrogen-bond donors (Lipinski definition) is 2. The zero-order chi connectivity index (χ0) is 13.9. The van der Waals surface area contributed by atoms with Crippen LogP contribution in [0.25, 0.3) is 0 Å². The highest BCUT2D eigenvalue weighted by Gasteiger charge is 2.18. The van der Waals surface area contributed by atoms with Crippen molar-refractivity contribution in [2.75, 3.05) is 17.7 Å². The Labute approximate surface area is 118 Å². The first-order chi connectivity index (χ1) is 8.22. The van der Waals surface area contributed by atoms with E-state index >= 15 is 0 Å². The second-order valence-electron chi connectivity index (χ2n) is 3.95. The maximum absolute atomic E-state index is 12.0. The number of halogens is 1.